The second-order valence-electron chi connectivity index (χ2n) is 5.47. The summed E-state index contributed by atoms with van der Waals surface area (Å²) in [5.41, 5.74) is 0.165. The molecule has 0 aliphatic heterocycles. The average Bonchev–Trinajstić information content (AvgIpc) is 2.95. The van der Waals surface area contributed by atoms with Crippen LogP contribution in [0.15, 0.2) is 30.6 Å². The first-order chi connectivity index (χ1) is 9.98. The Morgan fingerprint density at radius 3 is 2.67 bits per heavy atom. The predicted molar refractivity (Wildman–Crippen MR) is 79.3 cm³/mol. The lowest BCUT2D eigenvalue weighted by Gasteiger charge is -2.25. The highest BCUT2D eigenvalue weighted by Gasteiger charge is 2.30. The summed E-state index contributed by atoms with van der Waals surface area (Å²) < 4.78 is 14.9. The maximum atomic E-state index is 13.0. The van der Waals surface area contributed by atoms with Gasteiger partial charge in [-0.2, -0.15) is 5.10 Å². The van der Waals surface area contributed by atoms with E-state index in [-0.39, 0.29) is 0 Å². The van der Waals surface area contributed by atoms with Gasteiger partial charge in [-0.05, 0) is 38.0 Å². The van der Waals surface area contributed by atoms with Crippen molar-refractivity contribution in [1.82, 2.24) is 14.8 Å². The minimum atomic E-state index is -1.12. The monoisotopic (exact) mass is 291 g/mol. The van der Waals surface area contributed by atoms with E-state index in [1.54, 1.807) is 0 Å². The topological polar surface area (TPSA) is 50.9 Å². The number of hydrogen-bond acceptors (Lipinski definition) is 3. The van der Waals surface area contributed by atoms with E-state index in [1.165, 1.54) is 12.1 Å². The number of aliphatic hydroxyl groups is 1. The highest BCUT2D eigenvalue weighted by atomic mass is 19.1. The quantitative estimate of drug-likeness (QED) is 0.889. The van der Waals surface area contributed by atoms with Crippen molar-refractivity contribution in [3.8, 4) is 0 Å². The molecule has 2 rings (SSSR count). The molecule has 21 heavy (non-hydrogen) atoms. The van der Waals surface area contributed by atoms with Gasteiger partial charge in [0.15, 0.2) is 0 Å². The van der Waals surface area contributed by atoms with Crippen LogP contribution >= 0.6 is 0 Å². The summed E-state index contributed by atoms with van der Waals surface area (Å²) in [5.74, 6) is -0.404. The standard InChI is InChI=1S/C16H22FN3O/c1-4-12(3)20-9-8-14(19-20)10-16(21,5-2)15-7-6-13(17)11-18-15/h6-9,11-12,21H,4-5,10H2,1-3H3. The minimum absolute atomic E-state index is 0.331. The van der Waals surface area contributed by atoms with Gasteiger partial charge in [-0.25, -0.2) is 4.39 Å². The molecule has 5 heteroatoms. The molecule has 0 saturated carbocycles. The molecule has 0 radical (unpaired) electrons. The lowest BCUT2D eigenvalue weighted by Crippen LogP contribution is -2.29. The van der Waals surface area contributed by atoms with Crippen molar-refractivity contribution in [1.29, 1.82) is 0 Å². The molecular weight excluding hydrogens is 269 g/mol. The summed E-state index contributed by atoms with van der Waals surface area (Å²) in [5, 5.41) is 15.3. The third kappa shape index (κ3) is 3.47. The molecule has 2 heterocycles. The molecule has 0 aliphatic rings. The highest BCUT2D eigenvalue weighted by molar-refractivity contribution is 5.17. The zero-order chi connectivity index (χ0) is 15.5. The smallest absolute Gasteiger partial charge is 0.141 e. The van der Waals surface area contributed by atoms with E-state index in [4.69, 9.17) is 0 Å². The van der Waals surface area contributed by atoms with Crippen molar-refractivity contribution in [3.05, 3.63) is 47.8 Å². The third-order valence-electron chi connectivity index (χ3n) is 3.97. The molecule has 2 atom stereocenters. The lowest BCUT2D eigenvalue weighted by atomic mass is 9.90. The Morgan fingerprint density at radius 2 is 2.10 bits per heavy atom. The van der Waals surface area contributed by atoms with E-state index < -0.39 is 11.4 Å². The van der Waals surface area contributed by atoms with Crippen molar-refractivity contribution >= 4 is 0 Å². The van der Waals surface area contributed by atoms with Crippen LogP contribution in [0.5, 0.6) is 0 Å². The second-order valence-corrected chi connectivity index (χ2v) is 5.47. The normalized spacial score (nSPS) is 15.7. The average molecular weight is 291 g/mol. The highest BCUT2D eigenvalue weighted by Crippen LogP contribution is 2.27. The van der Waals surface area contributed by atoms with Crippen molar-refractivity contribution in [2.75, 3.05) is 0 Å². The van der Waals surface area contributed by atoms with Crippen LogP contribution in [0.2, 0.25) is 0 Å². The fourth-order valence-corrected chi connectivity index (χ4v) is 2.25. The van der Waals surface area contributed by atoms with E-state index in [0.29, 0.717) is 24.6 Å². The Balaban J connectivity index is 2.21. The molecule has 0 bridgehead atoms. The fraction of sp³-hybridized carbons (Fsp3) is 0.500. The Hall–Kier alpha value is -1.75. The maximum Gasteiger partial charge on any atom is 0.141 e. The number of hydrogen-bond donors (Lipinski definition) is 1. The van der Waals surface area contributed by atoms with E-state index in [9.17, 15) is 9.50 Å². The summed E-state index contributed by atoms with van der Waals surface area (Å²) >= 11 is 0. The van der Waals surface area contributed by atoms with Gasteiger partial charge >= 0.3 is 0 Å². The number of halogens is 1. The van der Waals surface area contributed by atoms with Crippen LogP contribution in [0.25, 0.3) is 0 Å². The second kappa shape index (κ2) is 6.35. The molecule has 114 valence electrons. The zero-order valence-corrected chi connectivity index (χ0v) is 12.8. The van der Waals surface area contributed by atoms with Gasteiger partial charge in [-0.15, -0.1) is 0 Å². The molecule has 2 aromatic rings. The molecule has 0 aliphatic carbocycles. The van der Waals surface area contributed by atoms with Crippen LogP contribution in [0, 0.1) is 5.82 Å². The van der Waals surface area contributed by atoms with Crippen LogP contribution in [-0.4, -0.2) is 19.9 Å². The van der Waals surface area contributed by atoms with Gasteiger partial charge in [0.05, 0.1) is 17.6 Å². The maximum absolute atomic E-state index is 13.0. The van der Waals surface area contributed by atoms with Gasteiger partial charge in [-0.3, -0.25) is 9.67 Å². The minimum Gasteiger partial charge on any atom is -0.383 e. The SMILES string of the molecule is CCC(C)n1ccc(CC(O)(CC)c2ccc(F)cn2)n1. The van der Waals surface area contributed by atoms with Gasteiger partial charge in [0.25, 0.3) is 0 Å². The molecule has 1 N–H and O–H groups in total. The van der Waals surface area contributed by atoms with Crippen molar-refractivity contribution in [2.24, 2.45) is 0 Å². The van der Waals surface area contributed by atoms with Gasteiger partial charge in [0.2, 0.25) is 0 Å². The van der Waals surface area contributed by atoms with Gasteiger partial charge < -0.3 is 5.11 Å². The van der Waals surface area contributed by atoms with Crippen LogP contribution < -0.4 is 0 Å². The summed E-state index contributed by atoms with van der Waals surface area (Å²) in [6, 6.07) is 5.10. The Bertz CT molecular complexity index is 581. The van der Waals surface area contributed by atoms with Crippen molar-refractivity contribution in [3.63, 3.8) is 0 Å². The molecule has 0 amide bonds. The molecule has 2 unspecified atom stereocenters. The third-order valence-corrected chi connectivity index (χ3v) is 3.97. The van der Waals surface area contributed by atoms with E-state index in [0.717, 1.165) is 18.3 Å². The molecule has 4 nitrogen and oxygen atoms in total. The number of nitrogens with zero attached hydrogens (tertiary/aromatic N) is 3. The summed E-state index contributed by atoms with van der Waals surface area (Å²) in [6.07, 6.45) is 4.91. The summed E-state index contributed by atoms with van der Waals surface area (Å²) in [4.78, 5) is 4.02. The van der Waals surface area contributed by atoms with Crippen LogP contribution in [0.3, 0.4) is 0 Å². The fourth-order valence-electron chi connectivity index (χ4n) is 2.25. The molecule has 0 aromatic carbocycles. The van der Waals surface area contributed by atoms with E-state index in [2.05, 4.69) is 23.9 Å². The number of pyridine rings is 1. The van der Waals surface area contributed by atoms with Crippen LogP contribution in [-0.2, 0) is 12.0 Å². The Morgan fingerprint density at radius 1 is 1.33 bits per heavy atom. The number of aromatic nitrogens is 3. The predicted octanol–water partition coefficient (Wildman–Crippen LogP) is 3.23. The van der Waals surface area contributed by atoms with E-state index >= 15 is 0 Å². The first kappa shape index (κ1) is 15.6. The summed E-state index contributed by atoms with van der Waals surface area (Å²) in [6.45, 7) is 6.10. The van der Waals surface area contributed by atoms with Crippen LogP contribution in [0.1, 0.15) is 51.0 Å². The van der Waals surface area contributed by atoms with Crippen molar-refractivity contribution in [2.45, 2.75) is 51.7 Å². The zero-order valence-electron chi connectivity index (χ0n) is 12.8. The van der Waals surface area contributed by atoms with Crippen molar-refractivity contribution < 1.29 is 9.50 Å². The Kier molecular flexibility index (Phi) is 4.73. The van der Waals surface area contributed by atoms with Gasteiger partial charge in [0.1, 0.15) is 11.4 Å². The first-order valence-electron chi connectivity index (χ1n) is 7.37. The first-order valence-corrected chi connectivity index (χ1v) is 7.37. The number of rotatable bonds is 6. The molecular formula is C16H22FN3O. The lowest BCUT2D eigenvalue weighted by molar-refractivity contribution is 0.0270. The molecule has 2 aromatic heterocycles. The summed E-state index contributed by atoms with van der Waals surface area (Å²) in [7, 11) is 0. The molecule has 0 fully saturated rings. The molecule has 0 spiro atoms. The molecule has 0 saturated heterocycles. The van der Waals surface area contributed by atoms with Gasteiger partial charge in [0, 0.05) is 18.7 Å². The van der Waals surface area contributed by atoms with E-state index in [1.807, 2.05) is 23.9 Å². The van der Waals surface area contributed by atoms with Gasteiger partial charge in [-0.1, -0.05) is 13.8 Å². The Labute approximate surface area is 124 Å². The largest absolute Gasteiger partial charge is 0.383 e. The van der Waals surface area contributed by atoms with Crippen LogP contribution in [0.4, 0.5) is 4.39 Å².